The maximum Gasteiger partial charge on any atom is 0.243 e. The summed E-state index contributed by atoms with van der Waals surface area (Å²) >= 11 is 1.61. The van der Waals surface area contributed by atoms with Crippen LogP contribution in [-0.2, 0) is 11.4 Å². The topological polar surface area (TPSA) is 83.5 Å². The molecule has 1 aliphatic heterocycles. The van der Waals surface area contributed by atoms with Gasteiger partial charge in [0.15, 0.2) is 0 Å². The Morgan fingerprint density at radius 2 is 2.00 bits per heavy atom. The van der Waals surface area contributed by atoms with Crippen LogP contribution >= 0.6 is 11.3 Å². The highest BCUT2D eigenvalue weighted by atomic mass is 32.1. The molecular weight excluding hydrogens is 448 g/mol. The quantitative estimate of drug-likeness (QED) is 0.354. The van der Waals surface area contributed by atoms with Crippen molar-refractivity contribution in [2.45, 2.75) is 20.0 Å². The van der Waals surface area contributed by atoms with E-state index in [0.29, 0.717) is 13.2 Å². The molecule has 0 bridgehead atoms. The lowest BCUT2D eigenvalue weighted by atomic mass is 10.2. The van der Waals surface area contributed by atoms with E-state index in [2.05, 4.69) is 30.1 Å². The number of amides is 1. The highest BCUT2D eigenvalue weighted by Crippen LogP contribution is 2.17. The first kappa shape index (κ1) is 23.8. The van der Waals surface area contributed by atoms with Gasteiger partial charge in [-0.1, -0.05) is 12.1 Å². The molecule has 0 saturated carbocycles. The number of carbonyl (C=O) groups is 1. The third-order valence-electron chi connectivity index (χ3n) is 5.50. The number of anilines is 1. The van der Waals surface area contributed by atoms with Crippen LogP contribution in [0.3, 0.4) is 0 Å². The zero-order valence-electron chi connectivity index (χ0n) is 19.4. The molecule has 4 rings (SSSR count). The van der Waals surface area contributed by atoms with Crippen LogP contribution in [0.1, 0.15) is 22.7 Å². The Labute approximate surface area is 204 Å². The fourth-order valence-corrected chi connectivity index (χ4v) is 4.31. The summed E-state index contributed by atoms with van der Waals surface area (Å²) < 4.78 is 5.82. The molecular formula is C25H30N6O2S. The van der Waals surface area contributed by atoms with Crippen LogP contribution in [0.4, 0.5) is 5.95 Å². The third kappa shape index (κ3) is 7.36. The molecule has 0 unspecified atom stereocenters. The Bertz CT molecular complexity index is 1080. The van der Waals surface area contributed by atoms with Crippen LogP contribution in [0, 0.1) is 6.92 Å². The Morgan fingerprint density at radius 3 is 2.76 bits per heavy atom. The van der Waals surface area contributed by atoms with Crippen molar-refractivity contribution in [3.05, 3.63) is 70.4 Å². The number of hydrogen-bond acceptors (Lipinski definition) is 8. The Balaban J connectivity index is 1.12. The molecule has 1 N–H and O–H groups in total. The first-order valence-corrected chi connectivity index (χ1v) is 12.4. The minimum absolute atomic E-state index is 0.0877. The number of thiazole rings is 1. The number of ether oxygens (including phenoxy) is 1. The number of benzene rings is 1. The summed E-state index contributed by atoms with van der Waals surface area (Å²) in [7, 11) is 0. The van der Waals surface area contributed by atoms with Crippen molar-refractivity contribution in [2.24, 2.45) is 0 Å². The van der Waals surface area contributed by atoms with E-state index in [1.54, 1.807) is 35.9 Å². The lowest BCUT2D eigenvalue weighted by Crippen LogP contribution is -2.47. The summed E-state index contributed by atoms with van der Waals surface area (Å²) in [6.07, 6.45) is 7.85. The summed E-state index contributed by atoms with van der Waals surface area (Å²) in [4.78, 5) is 29.9. The molecule has 1 aliphatic rings. The Hall–Kier alpha value is -3.30. The van der Waals surface area contributed by atoms with Gasteiger partial charge in [0.1, 0.15) is 12.4 Å². The third-order valence-corrected chi connectivity index (χ3v) is 6.32. The van der Waals surface area contributed by atoms with E-state index >= 15 is 0 Å². The van der Waals surface area contributed by atoms with Gasteiger partial charge in [-0.25, -0.2) is 15.0 Å². The van der Waals surface area contributed by atoms with Gasteiger partial charge in [0.25, 0.3) is 0 Å². The summed E-state index contributed by atoms with van der Waals surface area (Å²) in [5.41, 5.74) is 1.84. The molecule has 0 aliphatic carbocycles. The average Bonchev–Trinajstić information content (AvgIpc) is 3.30. The zero-order valence-corrected chi connectivity index (χ0v) is 20.2. The number of nitrogens with zero attached hydrogens (tertiary/aromatic N) is 5. The SMILES string of the molecule is Cc1nc(COc2cccc(/C=C/C(=O)NCCCN3CCN(c4ncccn4)CC3)c2)cs1. The number of rotatable bonds is 10. The van der Waals surface area contributed by atoms with Gasteiger partial charge in [-0.05, 0) is 49.7 Å². The highest BCUT2D eigenvalue weighted by Gasteiger charge is 2.18. The highest BCUT2D eigenvalue weighted by molar-refractivity contribution is 7.09. The van der Waals surface area contributed by atoms with Gasteiger partial charge in [0, 0.05) is 56.6 Å². The van der Waals surface area contributed by atoms with E-state index < -0.39 is 0 Å². The van der Waals surface area contributed by atoms with Crippen LogP contribution in [0.2, 0.25) is 0 Å². The summed E-state index contributed by atoms with van der Waals surface area (Å²) in [5.74, 6) is 1.47. The van der Waals surface area contributed by atoms with Gasteiger partial charge in [-0.3, -0.25) is 9.69 Å². The van der Waals surface area contributed by atoms with Gasteiger partial charge in [-0.15, -0.1) is 11.3 Å². The Morgan fingerprint density at radius 1 is 1.18 bits per heavy atom. The predicted molar refractivity (Wildman–Crippen MR) is 135 cm³/mol. The van der Waals surface area contributed by atoms with Gasteiger partial charge < -0.3 is 15.0 Å². The molecule has 0 radical (unpaired) electrons. The molecule has 2 aromatic heterocycles. The molecule has 1 amide bonds. The molecule has 1 saturated heterocycles. The molecule has 3 aromatic rings. The Kier molecular flexibility index (Phi) is 8.59. The van der Waals surface area contributed by atoms with E-state index in [-0.39, 0.29) is 5.91 Å². The number of piperazine rings is 1. The smallest absolute Gasteiger partial charge is 0.243 e. The van der Waals surface area contributed by atoms with Gasteiger partial charge in [0.2, 0.25) is 11.9 Å². The fourth-order valence-electron chi connectivity index (χ4n) is 3.71. The van der Waals surface area contributed by atoms with Gasteiger partial charge in [0.05, 0.1) is 10.7 Å². The van der Waals surface area contributed by atoms with Crippen LogP contribution < -0.4 is 15.0 Å². The summed E-state index contributed by atoms with van der Waals surface area (Å²) in [6.45, 7) is 7.84. The first-order chi connectivity index (χ1) is 16.7. The number of aryl methyl sites for hydroxylation is 1. The van der Waals surface area contributed by atoms with E-state index in [0.717, 1.165) is 67.1 Å². The molecule has 34 heavy (non-hydrogen) atoms. The van der Waals surface area contributed by atoms with Crippen molar-refractivity contribution in [1.82, 2.24) is 25.2 Å². The normalized spacial score (nSPS) is 14.4. The molecule has 8 nitrogen and oxygen atoms in total. The standard InChI is InChI=1S/C25H30N6O2S/c1-20-29-22(19-34-20)18-33-23-6-2-5-21(17-23)7-8-24(32)26-11-4-12-30-13-15-31(16-14-30)25-27-9-3-10-28-25/h2-3,5-10,17,19H,4,11-16,18H2,1H3,(H,26,32)/b8-7+. The van der Waals surface area contributed by atoms with Crippen molar-refractivity contribution in [2.75, 3.05) is 44.2 Å². The minimum atomic E-state index is -0.0877. The number of aromatic nitrogens is 3. The fraction of sp³-hybridized carbons (Fsp3) is 0.360. The molecule has 178 valence electrons. The minimum Gasteiger partial charge on any atom is -0.487 e. The van der Waals surface area contributed by atoms with Crippen molar-refractivity contribution in [1.29, 1.82) is 0 Å². The number of carbonyl (C=O) groups excluding carboxylic acids is 1. The largest absolute Gasteiger partial charge is 0.487 e. The summed E-state index contributed by atoms with van der Waals surface area (Å²) in [6, 6.07) is 9.53. The van der Waals surface area contributed by atoms with Gasteiger partial charge in [-0.2, -0.15) is 0 Å². The molecule has 1 aromatic carbocycles. The number of hydrogen-bond donors (Lipinski definition) is 1. The zero-order chi connectivity index (χ0) is 23.6. The van der Waals surface area contributed by atoms with E-state index in [1.807, 2.05) is 42.6 Å². The maximum absolute atomic E-state index is 12.2. The second kappa shape index (κ2) is 12.2. The molecule has 1 fully saturated rings. The lowest BCUT2D eigenvalue weighted by molar-refractivity contribution is -0.116. The van der Waals surface area contributed by atoms with Crippen LogP contribution in [0.15, 0.2) is 54.2 Å². The van der Waals surface area contributed by atoms with Crippen LogP contribution in [-0.4, -0.2) is 65.0 Å². The van der Waals surface area contributed by atoms with E-state index in [4.69, 9.17) is 4.74 Å². The van der Waals surface area contributed by atoms with Crippen molar-refractivity contribution >= 4 is 29.3 Å². The number of nitrogens with one attached hydrogen (secondary N) is 1. The first-order valence-electron chi connectivity index (χ1n) is 11.5. The summed E-state index contributed by atoms with van der Waals surface area (Å²) in [5, 5.41) is 6.00. The molecule has 3 heterocycles. The van der Waals surface area contributed by atoms with Gasteiger partial charge >= 0.3 is 0 Å². The van der Waals surface area contributed by atoms with Crippen molar-refractivity contribution in [3.8, 4) is 5.75 Å². The second-order valence-electron chi connectivity index (χ2n) is 8.07. The van der Waals surface area contributed by atoms with Crippen LogP contribution in [0.25, 0.3) is 6.08 Å². The van der Waals surface area contributed by atoms with E-state index in [9.17, 15) is 4.79 Å². The van der Waals surface area contributed by atoms with Crippen LogP contribution in [0.5, 0.6) is 5.75 Å². The predicted octanol–water partition coefficient (Wildman–Crippen LogP) is 3.16. The molecule has 9 heteroatoms. The van der Waals surface area contributed by atoms with Crippen molar-refractivity contribution in [3.63, 3.8) is 0 Å². The molecule has 0 atom stereocenters. The average molecular weight is 479 g/mol. The lowest BCUT2D eigenvalue weighted by Gasteiger charge is -2.34. The maximum atomic E-state index is 12.2. The molecule has 0 spiro atoms. The van der Waals surface area contributed by atoms with E-state index in [1.165, 1.54) is 0 Å². The second-order valence-corrected chi connectivity index (χ2v) is 9.14. The van der Waals surface area contributed by atoms with Crippen molar-refractivity contribution < 1.29 is 9.53 Å². The monoisotopic (exact) mass is 478 g/mol.